The van der Waals surface area contributed by atoms with Crippen molar-refractivity contribution in [2.45, 2.75) is 71.0 Å². The van der Waals surface area contributed by atoms with Crippen LogP contribution >= 0.6 is 0 Å². The summed E-state index contributed by atoms with van der Waals surface area (Å²) in [6.45, 7) is 10.3. The Hall–Kier alpha value is -2.12. The van der Waals surface area contributed by atoms with Crippen LogP contribution in [0.3, 0.4) is 0 Å². The van der Waals surface area contributed by atoms with E-state index in [2.05, 4.69) is 10.2 Å². The van der Waals surface area contributed by atoms with Crippen molar-refractivity contribution < 1.29 is 23.8 Å². The summed E-state index contributed by atoms with van der Waals surface area (Å²) in [4.78, 5) is 27.7. The summed E-state index contributed by atoms with van der Waals surface area (Å²) in [5.41, 5.74) is 0.328. The van der Waals surface area contributed by atoms with Gasteiger partial charge < -0.3 is 19.5 Å². The topological polar surface area (TPSA) is 77.1 Å². The largest absolute Gasteiger partial charge is 0.459 e. The Morgan fingerprint density at radius 3 is 2.40 bits per heavy atom. The molecule has 30 heavy (non-hydrogen) atoms. The number of amides is 1. The number of carbonyl (C=O) groups is 2. The molecule has 0 aliphatic carbocycles. The summed E-state index contributed by atoms with van der Waals surface area (Å²) in [5.74, 6) is -0.0816. The van der Waals surface area contributed by atoms with Gasteiger partial charge in [0.1, 0.15) is 11.7 Å². The van der Waals surface area contributed by atoms with Crippen LogP contribution in [-0.2, 0) is 25.6 Å². The molecule has 4 rings (SSSR count). The quantitative estimate of drug-likeness (QED) is 0.686. The van der Waals surface area contributed by atoms with E-state index in [1.54, 1.807) is 27.7 Å². The van der Waals surface area contributed by atoms with Crippen LogP contribution in [0.4, 0.5) is 4.79 Å². The van der Waals surface area contributed by atoms with Crippen molar-refractivity contribution in [1.29, 1.82) is 0 Å². The van der Waals surface area contributed by atoms with Crippen LogP contribution in [-0.4, -0.2) is 60.4 Å². The van der Waals surface area contributed by atoms with Crippen LogP contribution in [0.5, 0.6) is 0 Å². The number of carbonyl (C=O) groups excluding carboxylic acids is 2. The summed E-state index contributed by atoms with van der Waals surface area (Å²) >= 11 is 0. The van der Waals surface area contributed by atoms with E-state index in [4.69, 9.17) is 14.2 Å². The lowest BCUT2D eigenvalue weighted by Crippen LogP contribution is -2.55. The lowest BCUT2D eigenvalue weighted by Gasteiger charge is -2.44. The minimum atomic E-state index is -0.945. The van der Waals surface area contributed by atoms with Crippen LogP contribution < -0.4 is 5.32 Å². The maximum atomic E-state index is 13.1. The van der Waals surface area contributed by atoms with Crippen molar-refractivity contribution in [2.75, 3.05) is 19.6 Å². The van der Waals surface area contributed by atoms with Gasteiger partial charge in [0, 0.05) is 6.54 Å². The van der Waals surface area contributed by atoms with Crippen molar-refractivity contribution in [1.82, 2.24) is 10.2 Å². The molecule has 1 unspecified atom stereocenters. The van der Waals surface area contributed by atoms with Crippen LogP contribution in [0.15, 0.2) is 30.3 Å². The first-order valence-corrected chi connectivity index (χ1v) is 10.8. The molecule has 0 spiro atoms. The van der Waals surface area contributed by atoms with Gasteiger partial charge in [0.05, 0.1) is 12.7 Å². The highest BCUT2D eigenvalue weighted by Gasteiger charge is 2.39. The SMILES string of the molecule is C[C@@H](OCc1ccccc1)[C@H](NC(=O)OC(C)(C)C)C(=O)OC1CN2CCC1CC2. The van der Waals surface area contributed by atoms with Crippen molar-refractivity contribution in [3.63, 3.8) is 0 Å². The Kier molecular flexibility index (Phi) is 7.36. The van der Waals surface area contributed by atoms with Crippen LogP contribution in [0.25, 0.3) is 0 Å². The Labute approximate surface area is 179 Å². The third-order valence-corrected chi connectivity index (χ3v) is 5.61. The predicted octanol–water partition coefficient (Wildman–Crippen LogP) is 3.12. The number of nitrogens with zero attached hydrogens (tertiary/aromatic N) is 1. The first-order chi connectivity index (χ1) is 14.2. The summed E-state index contributed by atoms with van der Waals surface area (Å²) in [7, 11) is 0. The minimum absolute atomic E-state index is 0.135. The van der Waals surface area contributed by atoms with Gasteiger partial charge in [-0.05, 0) is 65.1 Å². The van der Waals surface area contributed by atoms with Crippen LogP contribution in [0, 0.1) is 5.92 Å². The molecule has 0 radical (unpaired) electrons. The normalized spacial score (nSPS) is 25.3. The molecule has 1 aromatic carbocycles. The van der Waals surface area contributed by atoms with E-state index in [0.717, 1.165) is 38.0 Å². The van der Waals surface area contributed by atoms with E-state index < -0.39 is 29.8 Å². The van der Waals surface area contributed by atoms with Gasteiger partial charge in [-0.3, -0.25) is 4.90 Å². The third-order valence-electron chi connectivity index (χ3n) is 5.61. The van der Waals surface area contributed by atoms with Crippen molar-refractivity contribution in [2.24, 2.45) is 5.92 Å². The predicted molar refractivity (Wildman–Crippen MR) is 113 cm³/mol. The Balaban J connectivity index is 1.64. The van der Waals surface area contributed by atoms with E-state index in [1.165, 1.54) is 0 Å². The summed E-state index contributed by atoms with van der Waals surface area (Å²) < 4.78 is 17.1. The van der Waals surface area contributed by atoms with Gasteiger partial charge in [-0.1, -0.05) is 30.3 Å². The van der Waals surface area contributed by atoms with E-state index in [0.29, 0.717) is 12.5 Å². The number of benzene rings is 1. The highest BCUT2D eigenvalue weighted by atomic mass is 16.6. The number of hydrogen-bond donors (Lipinski definition) is 1. The highest BCUT2D eigenvalue weighted by molar-refractivity contribution is 5.82. The van der Waals surface area contributed by atoms with Gasteiger partial charge in [-0.15, -0.1) is 0 Å². The molecule has 2 bridgehead atoms. The molecule has 3 fully saturated rings. The van der Waals surface area contributed by atoms with Crippen molar-refractivity contribution in [3.05, 3.63) is 35.9 Å². The smallest absolute Gasteiger partial charge is 0.408 e. The maximum Gasteiger partial charge on any atom is 0.408 e. The molecule has 7 nitrogen and oxygen atoms in total. The molecule has 3 aliphatic heterocycles. The summed E-state index contributed by atoms with van der Waals surface area (Å²) in [6, 6.07) is 8.76. The van der Waals surface area contributed by atoms with Gasteiger partial charge in [-0.2, -0.15) is 0 Å². The molecular weight excluding hydrogens is 384 g/mol. The molecule has 3 heterocycles. The number of alkyl carbamates (subject to hydrolysis) is 1. The van der Waals surface area contributed by atoms with Crippen LogP contribution in [0.1, 0.15) is 46.1 Å². The van der Waals surface area contributed by atoms with Crippen molar-refractivity contribution in [3.8, 4) is 0 Å². The molecule has 0 saturated carbocycles. The summed E-state index contributed by atoms with van der Waals surface area (Å²) in [5, 5.41) is 2.67. The van der Waals surface area contributed by atoms with E-state index in [-0.39, 0.29) is 6.10 Å². The zero-order valence-corrected chi connectivity index (χ0v) is 18.4. The van der Waals surface area contributed by atoms with Gasteiger partial charge in [0.25, 0.3) is 0 Å². The molecule has 1 N–H and O–H groups in total. The fraction of sp³-hybridized carbons (Fsp3) is 0.652. The molecule has 7 heteroatoms. The minimum Gasteiger partial charge on any atom is -0.459 e. The van der Waals surface area contributed by atoms with E-state index >= 15 is 0 Å². The van der Waals surface area contributed by atoms with E-state index in [9.17, 15) is 9.59 Å². The molecule has 3 atom stereocenters. The first kappa shape index (κ1) is 22.6. The lowest BCUT2D eigenvalue weighted by molar-refractivity contribution is -0.165. The second kappa shape index (κ2) is 9.79. The van der Waals surface area contributed by atoms with Gasteiger partial charge in [0.2, 0.25) is 0 Å². The monoisotopic (exact) mass is 418 g/mol. The standard InChI is InChI=1S/C23H34N2O5/c1-16(28-15-17-8-6-5-7-9-17)20(24-22(27)30-23(2,3)4)21(26)29-19-14-25-12-10-18(19)11-13-25/h5-9,16,18-20H,10-15H2,1-4H3,(H,24,27)/t16-,19?,20+/m1/s1. The molecule has 166 valence electrons. The molecular formula is C23H34N2O5. The Bertz CT molecular complexity index is 710. The Morgan fingerprint density at radius 2 is 1.83 bits per heavy atom. The molecule has 1 amide bonds. The molecule has 0 aromatic heterocycles. The number of hydrogen-bond acceptors (Lipinski definition) is 6. The number of ether oxygens (including phenoxy) is 3. The highest BCUT2D eigenvalue weighted by Crippen LogP contribution is 2.30. The number of nitrogens with one attached hydrogen (secondary N) is 1. The number of fused-ring (bicyclic) bond motifs is 3. The fourth-order valence-electron chi connectivity index (χ4n) is 3.97. The second-order valence-electron chi connectivity index (χ2n) is 9.24. The fourth-order valence-corrected chi connectivity index (χ4v) is 3.97. The van der Waals surface area contributed by atoms with E-state index in [1.807, 2.05) is 30.3 Å². The first-order valence-electron chi connectivity index (χ1n) is 10.8. The molecule has 1 aromatic rings. The molecule has 3 aliphatic rings. The maximum absolute atomic E-state index is 13.1. The number of piperidine rings is 3. The average molecular weight is 419 g/mol. The Morgan fingerprint density at radius 1 is 1.17 bits per heavy atom. The van der Waals surface area contributed by atoms with Gasteiger partial charge >= 0.3 is 12.1 Å². The number of esters is 1. The average Bonchev–Trinajstić information content (AvgIpc) is 2.70. The second-order valence-corrected chi connectivity index (χ2v) is 9.24. The zero-order valence-electron chi connectivity index (χ0n) is 18.4. The summed E-state index contributed by atoms with van der Waals surface area (Å²) in [6.07, 6.45) is 0.716. The van der Waals surface area contributed by atoms with Gasteiger partial charge in [0.15, 0.2) is 6.04 Å². The van der Waals surface area contributed by atoms with Crippen LogP contribution in [0.2, 0.25) is 0 Å². The third kappa shape index (κ3) is 6.44. The number of rotatable bonds is 7. The molecule has 3 saturated heterocycles. The van der Waals surface area contributed by atoms with Gasteiger partial charge in [-0.25, -0.2) is 9.59 Å². The zero-order chi connectivity index (χ0) is 21.7. The van der Waals surface area contributed by atoms with Crippen molar-refractivity contribution >= 4 is 12.1 Å². The lowest BCUT2D eigenvalue weighted by atomic mass is 9.86.